The molecule has 3 rings (SSSR count). The minimum absolute atomic E-state index is 0.231. The quantitative estimate of drug-likeness (QED) is 0.646. The zero-order valence-electron chi connectivity index (χ0n) is 7.88. The van der Waals surface area contributed by atoms with Gasteiger partial charge in [-0.15, -0.1) is 22.7 Å². The topological polar surface area (TPSA) is 52.0 Å². The first-order valence-corrected chi connectivity index (χ1v) is 6.06. The lowest BCUT2D eigenvalue weighted by Crippen LogP contribution is -1.81. The zero-order chi connectivity index (χ0) is 11.4. The monoisotopic (exact) mass is 256 g/mol. The van der Waals surface area contributed by atoms with Gasteiger partial charge < -0.3 is 11.5 Å². The molecule has 0 saturated carbocycles. The molecule has 2 aromatic heterocycles. The largest absolute Gasteiger partial charge is 0.391 e. The summed E-state index contributed by atoms with van der Waals surface area (Å²) in [7, 11) is 0. The number of benzene rings is 1. The highest BCUT2D eigenvalue weighted by atomic mass is 32.1. The van der Waals surface area contributed by atoms with Gasteiger partial charge in [-0.3, -0.25) is 0 Å². The van der Waals surface area contributed by atoms with Gasteiger partial charge in [-0.1, -0.05) is 0 Å². The van der Waals surface area contributed by atoms with E-state index in [0.29, 0.717) is 10.0 Å². The maximum Gasteiger partial charge on any atom is 0.150 e. The molecule has 0 amide bonds. The van der Waals surface area contributed by atoms with Crippen molar-refractivity contribution >= 4 is 52.8 Å². The Kier molecular flexibility index (Phi) is 1.87. The number of halogens is 2. The fourth-order valence-electron chi connectivity index (χ4n) is 1.72. The number of nitrogens with two attached hydrogens (primary N) is 2. The normalized spacial score (nSPS) is 11.6. The summed E-state index contributed by atoms with van der Waals surface area (Å²) in [5.41, 5.74) is 11.1. The minimum atomic E-state index is -0.443. The molecule has 4 N–H and O–H groups in total. The average molecular weight is 256 g/mol. The van der Waals surface area contributed by atoms with Crippen LogP contribution in [0.1, 0.15) is 0 Å². The first-order chi connectivity index (χ1) is 7.58. The highest BCUT2D eigenvalue weighted by Gasteiger charge is 2.18. The lowest BCUT2D eigenvalue weighted by molar-refractivity contribution is 0.638. The smallest absolute Gasteiger partial charge is 0.150 e. The van der Waals surface area contributed by atoms with E-state index in [4.69, 9.17) is 11.5 Å². The summed E-state index contributed by atoms with van der Waals surface area (Å²) in [4.78, 5) is 0. The number of thiophene rings is 2. The van der Waals surface area contributed by atoms with Gasteiger partial charge in [0, 0.05) is 10.8 Å². The number of nitrogen functional groups attached to an aromatic ring is 2. The molecule has 0 saturated heterocycles. The van der Waals surface area contributed by atoms with Crippen LogP contribution in [0.4, 0.5) is 18.8 Å². The molecule has 0 unspecified atom stereocenters. The van der Waals surface area contributed by atoms with Crippen molar-refractivity contribution in [3.63, 3.8) is 0 Å². The fraction of sp³-hybridized carbons (Fsp3) is 0. The summed E-state index contributed by atoms with van der Waals surface area (Å²) < 4.78 is 28.5. The summed E-state index contributed by atoms with van der Waals surface area (Å²) in [5.74, 6) is -0.887. The van der Waals surface area contributed by atoms with Crippen LogP contribution >= 0.6 is 22.7 Å². The summed E-state index contributed by atoms with van der Waals surface area (Å²) in [6.45, 7) is 0. The summed E-state index contributed by atoms with van der Waals surface area (Å²) in [5, 5.41) is 1.26. The summed E-state index contributed by atoms with van der Waals surface area (Å²) in [6.07, 6.45) is 0. The van der Waals surface area contributed by atoms with Crippen LogP contribution in [0.2, 0.25) is 0 Å². The maximum absolute atomic E-state index is 14.0. The van der Waals surface area contributed by atoms with Crippen molar-refractivity contribution in [1.29, 1.82) is 0 Å². The van der Waals surface area contributed by atoms with Gasteiger partial charge in [0.2, 0.25) is 0 Å². The van der Waals surface area contributed by atoms with Gasteiger partial charge in [-0.2, -0.15) is 0 Å². The number of hydrogen-bond acceptors (Lipinski definition) is 4. The molecule has 2 heterocycles. The van der Waals surface area contributed by atoms with Crippen LogP contribution in [-0.2, 0) is 0 Å². The molecule has 6 heteroatoms. The Bertz CT molecular complexity index is 600. The van der Waals surface area contributed by atoms with E-state index in [-0.39, 0.29) is 20.2 Å². The van der Waals surface area contributed by atoms with E-state index in [1.807, 2.05) is 0 Å². The Hall–Kier alpha value is -1.40. The summed E-state index contributed by atoms with van der Waals surface area (Å²) >= 11 is 2.09. The third-order valence-corrected chi connectivity index (χ3v) is 4.29. The van der Waals surface area contributed by atoms with Gasteiger partial charge >= 0.3 is 0 Å². The van der Waals surface area contributed by atoms with Crippen molar-refractivity contribution in [3.05, 3.63) is 23.8 Å². The first kappa shape index (κ1) is 9.80. The molecule has 0 aliphatic heterocycles. The van der Waals surface area contributed by atoms with Gasteiger partial charge in [-0.25, -0.2) is 8.78 Å². The molecule has 0 bridgehead atoms. The number of fused-ring (bicyclic) bond motifs is 2. The molecule has 1 aromatic carbocycles. The third-order valence-electron chi connectivity index (χ3n) is 2.37. The minimum Gasteiger partial charge on any atom is -0.391 e. The van der Waals surface area contributed by atoms with Crippen molar-refractivity contribution in [2.24, 2.45) is 0 Å². The third kappa shape index (κ3) is 1.14. The zero-order valence-corrected chi connectivity index (χ0v) is 9.51. The molecule has 0 spiro atoms. The van der Waals surface area contributed by atoms with E-state index in [0.717, 1.165) is 22.7 Å². The lowest BCUT2D eigenvalue weighted by atomic mass is 10.2. The van der Waals surface area contributed by atoms with Crippen LogP contribution in [0.5, 0.6) is 0 Å². The SMILES string of the molecule is Nc1cc2c(F)c3sc(N)cc3c(F)c2s1. The highest BCUT2D eigenvalue weighted by molar-refractivity contribution is 7.24. The van der Waals surface area contributed by atoms with Crippen LogP contribution < -0.4 is 11.5 Å². The van der Waals surface area contributed by atoms with Crippen LogP contribution in [0.25, 0.3) is 20.2 Å². The molecule has 0 aliphatic carbocycles. The maximum atomic E-state index is 14.0. The predicted molar refractivity (Wildman–Crippen MR) is 65.9 cm³/mol. The Morgan fingerprint density at radius 2 is 1.19 bits per heavy atom. The van der Waals surface area contributed by atoms with Crippen LogP contribution in [-0.4, -0.2) is 0 Å². The first-order valence-electron chi connectivity index (χ1n) is 4.43. The van der Waals surface area contributed by atoms with E-state index in [9.17, 15) is 8.78 Å². The lowest BCUT2D eigenvalue weighted by Gasteiger charge is -1.97. The van der Waals surface area contributed by atoms with Crippen LogP contribution in [0.15, 0.2) is 12.1 Å². The van der Waals surface area contributed by atoms with E-state index < -0.39 is 11.6 Å². The molecule has 0 aliphatic rings. The highest BCUT2D eigenvalue weighted by Crippen LogP contribution is 2.40. The van der Waals surface area contributed by atoms with Gasteiger partial charge in [0.15, 0.2) is 0 Å². The second-order valence-corrected chi connectivity index (χ2v) is 5.58. The number of anilines is 2. The van der Waals surface area contributed by atoms with Gasteiger partial charge in [0.25, 0.3) is 0 Å². The van der Waals surface area contributed by atoms with Crippen molar-refractivity contribution < 1.29 is 8.78 Å². The van der Waals surface area contributed by atoms with Crippen molar-refractivity contribution in [2.75, 3.05) is 11.5 Å². The van der Waals surface area contributed by atoms with Crippen molar-refractivity contribution in [1.82, 2.24) is 0 Å². The molecule has 0 atom stereocenters. The van der Waals surface area contributed by atoms with Gasteiger partial charge in [-0.05, 0) is 12.1 Å². The van der Waals surface area contributed by atoms with Gasteiger partial charge in [0.1, 0.15) is 11.6 Å². The van der Waals surface area contributed by atoms with Crippen molar-refractivity contribution in [2.45, 2.75) is 0 Å². The molecule has 3 aromatic rings. The van der Waals surface area contributed by atoms with E-state index in [2.05, 4.69) is 0 Å². The molecule has 16 heavy (non-hydrogen) atoms. The molecular formula is C10H6F2N2S2. The second kappa shape index (κ2) is 3.05. The Morgan fingerprint density at radius 3 is 1.56 bits per heavy atom. The number of hydrogen-bond donors (Lipinski definition) is 2. The predicted octanol–water partition coefficient (Wildman–Crippen LogP) is 3.56. The Morgan fingerprint density at radius 1 is 0.812 bits per heavy atom. The van der Waals surface area contributed by atoms with Crippen LogP contribution in [0.3, 0.4) is 0 Å². The molecule has 82 valence electrons. The standard InChI is InChI=1S/C10H6F2N2S2/c11-7-3-1-5(13)15-9(3)8(12)4-2-6(14)16-10(4)7/h1-2H,13-14H2. The molecule has 0 fully saturated rings. The second-order valence-electron chi connectivity index (χ2n) is 3.41. The number of rotatable bonds is 0. The van der Waals surface area contributed by atoms with E-state index in [1.54, 1.807) is 0 Å². The van der Waals surface area contributed by atoms with Gasteiger partial charge in [0.05, 0.1) is 19.4 Å². The summed E-state index contributed by atoms with van der Waals surface area (Å²) in [6, 6.07) is 2.90. The average Bonchev–Trinajstić information content (AvgIpc) is 2.78. The van der Waals surface area contributed by atoms with Crippen LogP contribution in [0, 0.1) is 11.6 Å². The molecule has 2 nitrogen and oxygen atoms in total. The van der Waals surface area contributed by atoms with E-state index >= 15 is 0 Å². The molecular weight excluding hydrogens is 250 g/mol. The Labute approximate surface area is 97.1 Å². The van der Waals surface area contributed by atoms with Crippen molar-refractivity contribution in [3.8, 4) is 0 Å². The Balaban J connectivity index is 2.63. The molecule has 0 radical (unpaired) electrons. The van der Waals surface area contributed by atoms with E-state index in [1.165, 1.54) is 12.1 Å². The fourth-order valence-corrected chi connectivity index (χ4v) is 3.46.